The van der Waals surface area contributed by atoms with Crippen LogP contribution >= 0.6 is 0 Å². The molecule has 0 atom stereocenters. The third-order valence-electron chi connectivity index (χ3n) is 3.93. The Hall–Kier alpha value is -3.45. The van der Waals surface area contributed by atoms with E-state index >= 15 is 0 Å². The first-order valence-electron chi connectivity index (χ1n) is 8.67. The zero-order valence-electron chi connectivity index (χ0n) is 15.9. The third kappa shape index (κ3) is 4.27. The van der Waals surface area contributed by atoms with Gasteiger partial charge in [0.2, 0.25) is 0 Å². The second-order valence-corrected chi connectivity index (χ2v) is 6.55. The van der Waals surface area contributed by atoms with E-state index in [0.29, 0.717) is 34.5 Å². The lowest BCUT2D eigenvalue weighted by molar-refractivity contribution is -0.131. The number of benzene rings is 2. The summed E-state index contributed by atoms with van der Waals surface area (Å²) in [6.45, 7) is 1.73. The second-order valence-electron chi connectivity index (χ2n) is 6.55. The summed E-state index contributed by atoms with van der Waals surface area (Å²) in [5.41, 5.74) is 6.04. The van der Waals surface area contributed by atoms with Gasteiger partial charge in [-0.1, -0.05) is 18.2 Å². The summed E-state index contributed by atoms with van der Waals surface area (Å²) in [6.07, 6.45) is 0. The van der Waals surface area contributed by atoms with Crippen LogP contribution in [0, 0.1) is 0 Å². The molecule has 144 valence electrons. The molecule has 3 aromatic rings. The van der Waals surface area contributed by atoms with Crippen molar-refractivity contribution < 1.29 is 19.1 Å². The molecule has 0 aliphatic rings. The summed E-state index contributed by atoms with van der Waals surface area (Å²) in [4.78, 5) is 29.8. The van der Waals surface area contributed by atoms with E-state index in [1.165, 1.54) is 6.92 Å². The number of fused-ring (bicyclic) bond motifs is 1. The molecule has 0 aliphatic heterocycles. The molecule has 7 heteroatoms. The highest BCUT2D eigenvalue weighted by Gasteiger charge is 2.21. The van der Waals surface area contributed by atoms with Crippen LogP contribution in [0.15, 0.2) is 48.5 Å². The van der Waals surface area contributed by atoms with Crippen molar-refractivity contribution in [2.24, 2.45) is 5.73 Å². The highest BCUT2D eigenvalue weighted by molar-refractivity contribution is 6.03. The van der Waals surface area contributed by atoms with Gasteiger partial charge in [-0.15, -0.1) is 0 Å². The number of esters is 1. The number of amides is 1. The van der Waals surface area contributed by atoms with Crippen LogP contribution in [-0.4, -0.2) is 35.9 Å². The molecule has 1 amide bonds. The van der Waals surface area contributed by atoms with Crippen molar-refractivity contribution in [3.8, 4) is 17.2 Å². The fourth-order valence-corrected chi connectivity index (χ4v) is 2.86. The predicted molar refractivity (Wildman–Crippen MR) is 105 cm³/mol. The number of carbonyl (C=O) groups is 2. The van der Waals surface area contributed by atoms with Crippen molar-refractivity contribution in [2.75, 3.05) is 14.1 Å². The zero-order valence-corrected chi connectivity index (χ0v) is 15.9. The van der Waals surface area contributed by atoms with Crippen molar-refractivity contribution in [3.05, 3.63) is 59.9 Å². The fraction of sp³-hybridized carbons (Fsp3) is 0.190. The molecule has 0 radical (unpaired) electrons. The average molecular weight is 379 g/mol. The largest absolute Gasteiger partial charge is 0.457 e. The quantitative estimate of drug-likeness (QED) is 0.661. The van der Waals surface area contributed by atoms with Crippen LogP contribution in [0.25, 0.3) is 10.8 Å². The first kappa shape index (κ1) is 19.3. The Morgan fingerprint density at radius 1 is 1.04 bits per heavy atom. The number of primary amides is 1. The summed E-state index contributed by atoms with van der Waals surface area (Å²) < 4.78 is 11.2. The molecule has 0 spiro atoms. The molecule has 2 aromatic carbocycles. The molecule has 0 fully saturated rings. The lowest BCUT2D eigenvalue weighted by Crippen LogP contribution is -2.20. The van der Waals surface area contributed by atoms with Crippen molar-refractivity contribution >= 4 is 22.6 Å². The number of ether oxygens (including phenoxy) is 2. The van der Waals surface area contributed by atoms with Gasteiger partial charge in [0.25, 0.3) is 5.91 Å². The van der Waals surface area contributed by atoms with Gasteiger partial charge in [-0.3, -0.25) is 9.59 Å². The van der Waals surface area contributed by atoms with Crippen molar-refractivity contribution in [1.29, 1.82) is 0 Å². The maximum atomic E-state index is 11.9. The molecule has 0 aliphatic carbocycles. The highest BCUT2D eigenvalue weighted by atomic mass is 16.5. The van der Waals surface area contributed by atoms with Gasteiger partial charge in [-0.05, 0) is 44.4 Å². The first-order chi connectivity index (χ1) is 13.3. The molecular weight excluding hydrogens is 358 g/mol. The minimum Gasteiger partial charge on any atom is -0.457 e. The standard InChI is InChI=1S/C21H21N3O4/c1-13(25)27-20-16-10-9-15(28-14-7-5-4-6-8-14)11-17(16)18(12-24(2)3)23-19(20)21(22)26/h4-11H,12H2,1-3H3,(H2,22,26). The zero-order chi connectivity index (χ0) is 20.3. The normalized spacial score (nSPS) is 10.9. The molecule has 0 unspecified atom stereocenters. The van der Waals surface area contributed by atoms with E-state index in [1.807, 2.05) is 55.4 Å². The summed E-state index contributed by atoms with van der Waals surface area (Å²) in [6, 6.07) is 14.7. The Bertz CT molecular complexity index is 1030. The van der Waals surface area contributed by atoms with Gasteiger partial charge in [0, 0.05) is 24.2 Å². The number of rotatable bonds is 6. The van der Waals surface area contributed by atoms with Gasteiger partial charge in [-0.25, -0.2) is 4.98 Å². The topological polar surface area (TPSA) is 94.8 Å². The maximum Gasteiger partial charge on any atom is 0.308 e. The van der Waals surface area contributed by atoms with Crippen LogP contribution in [-0.2, 0) is 11.3 Å². The molecule has 28 heavy (non-hydrogen) atoms. The van der Waals surface area contributed by atoms with Crippen LogP contribution < -0.4 is 15.2 Å². The van der Waals surface area contributed by atoms with Crippen molar-refractivity contribution in [3.63, 3.8) is 0 Å². The smallest absolute Gasteiger partial charge is 0.308 e. The van der Waals surface area contributed by atoms with Crippen LogP contribution in [0.2, 0.25) is 0 Å². The lowest BCUT2D eigenvalue weighted by atomic mass is 10.1. The molecule has 1 aromatic heterocycles. The number of nitrogens with two attached hydrogens (primary N) is 1. The number of aromatic nitrogens is 1. The van der Waals surface area contributed by atoms with Gasteiger partial charge in [-0.2, -0.15) is 0 Å². The molecule has 0 bridgehead atoms. The fourth-order valence-electron chi connectivity index (χ4n) is 2.86. The molecule has 2 N–H and O–H groups in total. The summed E-state index contributed by atoms with van der Waals surface area (Å²) >= 11 is 0. The predicted octanol–water partition coefficient (Wildman–Crippen LogP) is 3.11. The Balaban J connectivity index is 2.20. The Morgan fingerprint density at radius 3 is 2.36 bits per heavy atom. The Morgan fingerprint density at radius 2 is 1.75 bits per heavy atom. The van der Waals surface area contributed by atoms with E-state index in [9.17, 15) is 9.59 Å². The number of hydrogen-bond donors (Lipinski definition) is 1. The molecular formula is C21H21N3O4. The monoisotopic (exact) mass is 379 g/mol. The number of hydrogen-bond acceptors (Lipinski definition) is 6. The van der Waals surface area contributed by atoms with Gasteiger partial charge < -0.3 is 20.1 Å². The molecule has 0 saturated carbocycles. The van der Waals surface area contributed by atoms with E-state index in [1.54, 1.807) is 12.1 Å². The van der Waals surface area contributed by atoms with Crippen molar-refractivity contribution in [1.82, 2.24) is 9.88 Å². The van der Waals surface area contributed by atoms with Gasteiger partial charge in [0.15, 0.2) is 11.4 Å². The van der Waals surface area contributed by atoms with Gasteiger partial charge in [0.05, 0.1) is 5.69 Å². The van der Waals surface area contributed by atoms with Crippen LogP contribution in [0.4, 0.5) is 0 Å². The maximum absolute atomic E-state index is 11.9. The summed E-state index contributed by atoms with van der Waals surface area (Å²) in [7, 11) is 3.78. The minimum atomic E-state index is -0.761. The molecule has 7 nitrogen and oxygen atoms in total. The third-order valence-corrected chi connectivity index (χ3v) is 3.93. The SMILES string of the molecule is CC(=O)Oc1c(C(N)=O)nc(CN(C)C)c2cc(Oc3ccccc3)ccc12. The van der Waals surface area contributed by atoms with Crippen LogP contribution in [0.1, 0.15) is 23.1 Å². The molecule has 0 saturated heterocycles. The first-order valence-corrected chi connectivity index (χ1v) is 8.67. The number of nitrogens with zero attached hydrogens (tertiary/aromatic N) is 2. The summed E-state index contributed by atoms with van der Waals surface area (Å²) in [5.74, 6) is 0.0288. The number of pyridine rings is 1. The van der Waals surface area contributed by atoms with E-state index in [0.717, 1.165) is 0 Å². The second kappa shape index (κ2) is 8.06. The molecule has 1 heterocycles. The lowest BCUT2D eigenvalue weighted by Gasteiger charge is -2.17. The Labute approximate surface area is 162 Å². The van der Waals surface area contributed by atoms with Gasteiger partial charge >= 0.3 is 5.97 Å². The van der Waals surface area contributed by atoms with Crippen LogP contribution in [0.3, 0.4) is 0 Å². The number of carbonyl (C=O) groups excluding carboxylic acids is 2. The highest BCUT2D eigenvalue weighted by Crippen LogP contribution is 2.35. The Kier molecular flexibility index (Phi) is 5.56. The van der Waals surface area contributed by atoms with E-state index in [4.69, 9.17) is 15.2 Å². The molecule has 3 rings (SSSR count). The average Bonchev–Trinajstić information content (AvgIpc) is 2.63. The van der Waals surface area contributed by atoms with E-state index in [-0.39, 0.29) is 11.4 Å². The summed E-state index contributed by atoms with van der Waals surface area (Å²) in [5, 5.41) is 1.28. The minimum absolute atomic E-state index is 0.0590. The number of para-hydroxylation sites is 1. The van der Waals surface area contributed by atoms with E-state index in [2.05, 4.69) is 4.98 Å². The van der Waals surface area contributed by atoms with Crippen LogP contribution in [0.5, 0.6) is 17.2 Å². The van der Waals surface area contributed by atoms with Crippen molar-refractivity contribution in [2.45, 2.75) is 13.5 Å². The van der Waals surface area contributed by atoms with Gasteiger partial charge in [0.1, 0.15) is 11.5 Å². The van der Waals surface area contributed by atoms with E-state index < -0.39 is 11.9 Å².